The van der Waals surface area contributed by atoms with Crippen LogP contribution in [0.1, 0.15) is 18.4 Å². The van der Waals surface area contributed by atoms with Crippen molar-refractivity contribution in [1.82, 2.24) is 10.2 Å². The van der Waals surface area contributed by atoms with Gasteiger partial charge in [-0.25, -0.2) is 4.79 Å². The van der Waals surface area contributed by atoms with Crippen LogP contribution in [0.15, 0.2) is 54.6 Å². The molecule has 0 saturated carbocycles. The average molecular weight is 372 g/mol. The van der Waals surface area contributed by atoms with Crippen LogP contribution in [0, 0.1) is 5.92 Å². The Kier molecular flexibility index (Phi) is 6.12. The quantitative estimate of drug-likeness (QED) is 0.856. The first kappa shape index (κ1) is 18.3. The average Bonchev–Trinajstić information content (AvgIpc) is 2.68. The summed E-state index contributed by atoms with van der Waals surface area (Å²) in [6.45, 7) is 1.63. The maximum absolute atomic E-state index is 12.3. The second kappa shape index (κ2) is 8.72. The number of rotatable bonds is 4. The van der Waals surface area contributed by atoms with Crippen LogP contribution in [0.2, 0.25) is 5.02 Å². The van der Waals surface area contributed by atoms with Gasteiger partial charge in [-0.05, 0) is 42.7 Å². The summed E-state index contributed by atoms with van der Waals surface area (Å²) < 4.78 is 0. The van der Waals surface area contributed by atoms with Crippen LogP contribution in [0.3, 0.4) is 0 Å². The minimum atomic E-state index is -0.0955. The van der Waals surface area contributed by atoms with Crippen LogP contribution in [-0.4, -0.2) is 29.9 Å². The second-order valence-electron chi connectivity index (χ2n) is 6.40. The Morgan fingerprint density at radius 2 is 1.65 bits per heavy atom. The number of carbonyl (C=O) groups is 2. The summed E-state index contributed by atoms with van der Waals surface area (Å²) >= 11 is 5.86. The molecule has 1 aliphatic heterocycles. The highest BCUT2D eigenvalue weighted by atomic mass is 35.5. The highest BCUT2D eigenvalue weighted by Gasteiger charge is 2.27. The molecule has 2 aromatic rings. The predicted molar refractivity (Wildman–Crippen MR) is 103 cm³/mol. The molecule has 6 heteroatoms. The van der Waals surface area contributed by atoms with Gasteiger partial charge in [-0.3, -0.25) is 4.79 Å². The number of hydrogen-bond acceptors (Lipinski definition) is 2. The van der Waals surface area contributed by atoms with Crippen molar-refractivity contribution in [3.63, 3.8) is 0 Å². The Bertz CT molecular complexity index is 741. The molecule has 0 radical (unpaired) electrons. The van der Waals surface area contributed by atoms with E-state index in [-0.39, 0.29) is 17.9 Å². The third-order valence-electron chi connectivity index (χ3n) is 4.55. The molecule has 26 heavy (non-hydrogen) atoms. The highest BCUT2D eigenvalue weighted by molar-refractivity contribution is 6.30. The third kappa shape index (κ3) is 4.99. The fraction of sp³-hybridized carbons (Fsp3) is 0.300. The number of amides is 3. The lowest BCUT2D eigenvalue weighted by Crippen LogP contribution is -2.45. The number of nitrogens with zero attached hydrogens (tertiary/aromatic N) is 1. The van der Waals surface area contributed by atoms with E-state index in [1.165, 1.54) is 0 Å². The molecular weight excluding hydrogens is 350 g/mol. The minimum Gasteiger partial charge on any atom is -0.334 e. The van der Waals surface area contributed by atoms with Crippen molar-refractivity contribution in [3.8, 4) is 0 Å². The Morgan fingerprint density at radius 3 is 2.31 bits per heavy atom. The number of likely N-dealkylation sites (tertiary alicyclic amines) is 1. The third-order valence-corrected chi connectivity index (χ3v) is 4.80. The predicted octanol–water partition coefficient (Wildman–Crippen LogP) is 3.90. The first-order valence-corrected chi connectivity index (χ1v) is 9.13. The van der Waals surface area contributed by atoms with Crippen LogP contribution in [0.5, 0.6) is 0 Å². The van der Waals surface area contributed by atoms with Crippen molar-refractivity contribution >= 4 is 29.2 Å². The summed E-state index contributed by atoms with van der Waals surface area (Å²) in [6.07, 6.45) is 1.35. The molecule has 3 amide bonds. The summed E-state index contributed by atoms with van der Waals surface area (Å²) in [5.41, 5.74) is 1.81. The van der Waals surface area contributed by atoms with E-state index in [9.17, 15) is 9.59 Å². The lowest BCUT2D eigenvalue weighted by Gasteiger charge is -2.31. The monoisotopic (exact) mass is 371 g/mol. The Hall–Kier alpha value is -2.53. The first-order chi connectivity index (χ1) is 12.6. The Morgan fingerprint density at radius 1 is 1.00 bits per heavy atom. The van der Waals surface area contributed by atoms with E-state index < -0.39 is 0 Å². The highest BCUT2D eigenvalue weighted by Crippen LogP contribution is 2.19. The van der Waals surface area contributed by atoms with Crippen molar-refractivity contribution in [2.75, 3.05) is 18.4 Å². The molecule has 3 rings (SSSR count). The summed E-state index contributed by atoms with van der Waals surface area (Å²) in [4.78, 5) is 26.4. The SMILES string of the molecule is O=C(Nc1ccccc1)C1CCN(C(=O)NCc2ccc(Cl)cc2)CC1. The van der Waals surface area contributed by atoms with Gasteiger partial charge < -0.3 is 15.5 Å². The number of para-hydroxylation sites is 1. The maximum Gasteiger partial charge on any atom is 0.317 e. The molecule has 1 aliphatic rings. The number of nitrogens with one attached hydrogen (secondary N) is 2. The molecule has 0 atom stereocenters. The summed E-state index contributed by atoms with van der Waals surface area (Å²) in [6, 6.07) is 16.7. The number of hydrogen-bond donors (Lipinski definition) is 2. The zero-order valence-electron chi connectivity index (χ0n) is 14.5. The number of carbonyl (C=O) groups excluding carboxylic acids is 2. The van der Waals surface area contributed by atoms with E-state index in [1.54, 1.807) is 17.0 Å². The molecular formula is C20H22ClN3O2. The van der Waals surface area contributed by atoms with Crippen molar-refractivity contribution in [2.24, 2.45) is 5.92 Å². The fourth-order valence-corrected chi connectivity index (χ4v) is 3.13. The van der Waals surface area contributed by atoms with Gasteiger partial charge in [-0.1, -0.05) is 41.9 Å². The lowest BCUT2D eigenvalue weighted by molar-refractivity contribution is -0.121. The molecule has 2 N–H and O–H groups in total. The number of urea groups is 1. The Balaban J connectivity index is 1.43. The van der Waals surface area contributed by atoms with E-state index in [2.05, 4.69) is 10.6 Å². The molecule has 1 fully saturated rings. The van der Waals surface area contributed by atoms with Gasteiger partial charge >= 0.3 is 6.03 Å². The van der Waals surface area contributed by atoms with Crippen molar-refractivity contribution < 1.29 is 9.59 Å². The number of halogens is 1. The normalized spacial score (nSPS) is 14.7. The van der Waals surface area contributed by atoms with Crippen LogP contribution in [-0.2, 0) is 11.3 Å². The van der Waals surface area contributed by atoms with Crippen LogP contribution >= 0.6 is 11.6 Å². The first-order valence-electron chi connectivity index (χ1n) is 8.75. The van der Waals surface area contributed by atoms with E-state index in [4.69, 9.17) is 11.6 Å². The van der Waals surface area contributed by atoms with Gasteiger partial charge in [0.1, 0.15) is 0 Å². The maximum atomic E-state index is 12.3. The molecule has 1 saturated heterocycles. The van der Waals surface area contributed by atoms with E-state index in [0.29, 0.717) is 37.5 Å². The molecule has 0 unspecified atom stereocenters. The van der Waals surface area contributed by atoms with Gasteiger partial charge in [0.25, 0.3) is 0 Å². The molecule has 0 bridgehead atoms. The standard InChI is InChI=1S/C20H22ClN3O2/c21-17-8-6-15(7-9-17)14-22-20(26)24-12-10-16(11-13-24)19(25)23-18-4-2-1-3-5-18/h1-9,16H,10-14H2,(H,22,26)(H,23,25). The van der Waals surface area contributed by atoms with Crippen molar-refractivity contribution in [2.45, 2.75) is 19.4 Å². The summed E-state index contributed by atoms with van der Waals surface area (Å²) in [7, 11) is 0. The van der Waals surface area contributed by atoms with Gasteiger partial charge in [0, 0.05) is 36.3 Å². The summed E-state index contributed by atoms with van der Waals surface area (Å²) in [5.74, 6) is -0.0343. The van der Waals surface area contributed by atoms with E-state index >= 15 is 0 Å². The molecule has 5 nitrogen and oxygen atoms in total. The van der Waals surface area contributed by atoms with Gasteiger partial charge in [0.15, 0.2) is 0 Å². The molecule has 2 aromatic carbocycles. The number of piperidine rings is 1. The minimum absolute atomic E-state index is 0.0254. The second-order valence-corrected chi connectivity index (χ2v) is 6.84. The zero-order valence-corrected chi connectivity index (χ0v) is 15.2. The topological polar surface area (TPSA) is 61.4 Å². The van der Waals surface area contributed by atoms with Gasteiger partial charge in [-0.15, -0.1) is 0 Å². The van der Waals surface area contributed by atoms with Gasteiger partial charge in [0.05, 0.1) is 0 Å². The van der Waals surface area contributed by atoms with E-state index in [1.807, 2.05) is 42.5 Å². The van der Waals surface area contributed by atoms with E-state index in [0.717, 1.165) is 11.3 Å². The van der Waals surface area contributed by atoms with Crippen LogP contribution < -0.4 is 10.6 Å². The molecule has 1 heterocycles. The molecule has 0 aliphatic carbocycles. The zero-order chi connectivity index (χ0) is 18.4. The van der Waals surface area contributed by atoms with Gasteiger partial charge in [0.2, 0.25) is 5.91 Å². The van der Waals surface area contributed by atoms with Crippen LogP contribution in [0.4, 0.5) is 10.5 Å². The van der Waals surface area contributed by atoms with Crippen molar-refractivity contribution in [3.05, 3.63) is 65.2 Å². The Labute approximate surface area is 158 Å². The smallest absolute Gasteiger partial charge is 0.317 e. The van der Waals surface area contributed by atoms with Crippen molar-refractivity contribution in [1.29, 1.82) is 0 Å². The molecule has 0 aromatic heterocycles. The largest absolute Gasteiger partial charge is 0.334 e. The van der Waals surface area contributed by atoms with Crippen LogP contribution in [0.25, 0.3) is 0 Å². The van der Waals surface area contributed by atoms with Gasteiger partial charge in [-0.2, -0.15) is 0 Å². The lowest BCUT2D eigenvalue weighted by atomic mass is 9.96. The molecule has 136 valence electrons. The summed E-state index contributed by atoms with van der Waals surface area (Å²) in [5, 5.41) is 6.53. The molecule has 0 spiro atoms. The number of benzene rings is 2. The number of anilines is 1. The fourth-order valence-electron chi connectivity index (χ4n) is 3.00.